The van der Waals surface area contributed by atoms with Gasteiger partial charge in [-0.1, -0.05) is 23.4 Å². The zero-order valence-corrected chi connectivity index (χ0v) is 17.9. The fourth-order valence-electron chi connectivity index (χ4n) is 4.44. The number of aromatic nitrogens is 1. The van der Waals surface area contributed by atoms with Crippen molar-refractivity contribution in [2.45, 2.75) is 31.8 Å². The third-order valence-electron chi connectivity index (χ3n) is 6.09. The fraction of sp³-hybridized carbons (Fsp3) is 0.391. The number of oxazole rings is 1. The molecule has 5 rings (SSSR count). The summed E-state index contributed by atoms with van der Waals surface area (Å²) >= 11 is 0. The Bertz CT molecular complexity index is 1120. The number of fused-ring (bicyclic) bond motifs is 1. The highest BCUT2D eigenvalue weighted by atomic mass is 35.5. The molecular formula is C23H25ClFN3O3. The van der Waals surface area contributed by atoms with Crippen LogP contribution in [0.2, 0.25) is 0 Å². The van der Waals surface area contributed by atoms with Crippen LogP contribution >= 0.6 is 12.4 Å². The molecule has 3 heterocycles. The molecule has 2 aliphatic heterocycles. The summed E-state index contributed by atoms with van der Waals surface area (Å²) in [6.07, 6.45) is 4.08. The predicted molar refractivity (Wildman–Crippen MR) is 119 cm³/mol. The van der Waals surface area contributed by atoms with Gasteiger partial charge in [-0.2, -0.15) is 0 Å². The summed E-state index contributed by atoms with van der Waals surface area (Å²) in [5.74, 6) is 0.0162. The summed E-state index contributed by atoms with van der Waals surface area (Å²) in [6.45, 7) is 2.95. The van der Waals surface area contributed by atoms with E-state index in [9.17, 15) is 9.18 Å². The van der Waals surface area contributed by atoms with Crippen molar-refractivity contribution in [1.82, 2.24) is 9.88 Å². The van der Waals surface area contributed by atoms with E-state index in [2.05, 4.69) is 15.0 Å². The predicted octanol–water partition coefficient (Wildman–Crippen LogP) is 4.13. The van der Waals surface area contributed by atoms with E-state index in [0.717, 1.165) is 56.6 Å². The van der Waals surface area contributed by atoms with Crippen molar-refractivity contribution in [2.75, 3.05) is 19.6 Å². The monoisotopic (exact) mass is 445 g/mol. The molecule has 1 N–H and O–H groups in total. The number of piperidine rings is 1. The van der Waals surface area contributed by atoms with Crippen molar-refractivity contribution in [3.05, 3.63) is 70.0 Å². The minimum absolute atomic E-state index is 0. The van der Waals surface area contributed by atoms with Gasteiger partial charge in [0.25, 0.3) is 0 Å². The topological polar surface area (TPSA) is 70.8 Å². The third-order valence-corrected chi connectivity index (χ3v) is 6.09. The third kappa shape index (κ3) is 4.99. The summed E-state index contributed by atoms with van der Waals surface area (Å²) in [6, 6.07) is 12.5. The Morgan fingerprint density at radius 3 is 2.68 bits per heavy atom. The van der Waals surface area contributed by atoms with Crippen LogP contribution in [0.3, 0.4) is 0 Å². The van der Waals surface area contributed by atoms with E-state index >= 15 is 0 Å². The van der Waals surface area contributed by atoms with Crippen LogP contribution in [0.1, 0.15) is 30.4 Å². The molecule has 1 unspecified atom stereocenters. The highest BCUT2D eigenvalue weighted by molar-refractivity contribution is 6.03. The second kappa shape index (κ2) is 9.24. The Morgan fingerprint density at radius 1 is 1.13 bits per heavy atom. The summed E-state index contributed by atoms with van der Waals surface area (Å²) in [5.41, 5.74) is 4.24. The molecule has 3 aromatic rings. The maximum absolute atomic E-state index is 13.1. The SMILES string of the molecule is Cl.O=c1[nH]c2ccc(C3=NOC(CN4CCC(Cc5ccc(F)cc5)CC4)C3)cc2o1. The quantitative estimate of drug-likeness (QED) is 0.641. The second-order valence-electron chi connectivity index (χ2n) is 8.27. The molecule has 8 heteroatoms. The minimum atomic E-state index is -0.451. The van der Waals surface area contributed by atoms with E-state index in [-0.39, 0.29) is 24.3 Å². The molecule has 6 nitrogen and oxygen atoms in total. The average molecular weight is 446 g/mol. The van der Waals surface area contributed by atoms with Crippen LogP contribution in [-0.2, 0) is 11.3 Å². The second-order valence-corrected chi connectivity index (χ2v) is 8.27. The molecule has 1 saturated heterocycles. The van der Waals surface area contributed by atoms with Crippen LogP contribution in [0.4, 0.5) is 4.39 Å². The van der Waals surface area contributed by atoms with Gasteiger partial charge in [0.1, 0.15) is 11.9 Å². The van der Waals surface area contributed by atoms with Crippen LogP contribution < -0.4 is 5.76 Å². The van der Waals surface area contributed by atoms with Crippen molar-refractivity contribution < 1.29 is 13.6 Å². The molecule has 0 bridgehead atoms. The molecule has 0 amide bonds. The Balaban J connectivity index is 0.00000231. The molecule has 1 aromatic heterocycles. The Labute approximate surface area is 185 Å². The fourth-order valence-corrected chi connectivity index (χ4v) is 4.44. The first-order valence-electron chi connectivity index (χ1n) is 10.4. The largest absolute Gasteiger partial charge is 0.417 e. The standard InChI is InChI=1S/C23H24FN3O3.ClH/c24-18-4-1-15(2-5-18)11-16-7-9-27(10-8-16)14-19-13-21(26-30-19)17-3-6-20-22(12-17)29-23(28)25-20;/h1-6,12,16,19H,7-11,13-14H2,(H,25,28);1H. The van der Waals surface area contributed by atoms with Crippen LogP contribution in [0.5, 0.6) is 0 Å². The number of hydrogen-bond acceptors (Lipinski definition) is 5. The van der Waals surface area contributed by atoms with E-state index < -0.39 is 5.76 Å². The van der Waals surface area contributed by atoms with E-state index in [0.29, 0.717) is 17.0 Å². The molecule has 0 aliphatic carbocycles. The Morgan fingerprint density at radius 2 is 1.90 bits per heavy atom. The number of oxime groups is 1. The molecule has 1 atom stereocenters. The number of nitrogens with zero attached hydrogens (tertiary/aromatic N) is 2. The van der Waals surface area contributed by atoms with Crippen LogP contribution in [0.15, 0.2) is 56.8 Å². The van der Waals surface area contributed by atoms with Gasteiger partial charge in [0.2, 0.25) is 0 Å². The average Bonchev–Trinajstić information content (AvgIpc) is 3.36. The molecule has 0 spiro atoms. The van der Waals surface area contributed by atoms with Crippen LogP contribution in [0.25, 0.3) is 11.1 Å². The molecule has 31 heavy (non-hydrogen) atoms. The van der Waals surface area contributed by atoms with E-state index in [4.69, 9.17) is 9.25 Å². The summed E-state index contributed by atoms with van der Waals surface area (Å²) < 4.78 is 18.2. The van der Waals surface area contributed by atoms with Gasteiger partial charge in [-0.3, -0.25) is 9.88 Å². The van der Waals surface area contributed by atoms with Gasteiger partial charge in [-0.25, -0.2) is 9.18 Å². The minimum Gasteiger partial charge on any atom is -0.408 e. The van der Waals surface area contributed by atoms with Crippen molar-refractivity contribution in [3.63, 3.8) is 0 Å². The lowest BCUT2D eigenvalue weighted by Gasteiger charge is -2.33. The van der Waals surface area contributed by atoms with Gasteiger partial charge in [0, 0.05) is 18.5 Å². The number of hydrogen-bond donors (Lipinski definition) is 1. The zero-order chi connectivity index (χ0) is 20.5. The number of nitrogens with one attached hydrogen (secondary N) is 1. The molecule has 0 saturated carbocycles. The number of benzene rings is 2. The lowest BCUT2D eigenvalue weighted by atomic mass is 9.90. The maximum Gasteiger partial charge on any atom is 0.417 e. The van der Waals surface area contributed by atoms with E-state index in [1.165, 1.54) is 5.56 Å². The zero-order valence-electron chi connectivity index (χ0n) is 17.1. The number of aromatic amines is 1. The van der Waals surface area contributed by atoms with Crippen LogP contribution in [-0.4, -0.2) is 41.3 Å². The van der Waals surface area contributed by atoms with Gasteiger partial charge in [0.05, 0.1) is 11.2 Å². The van der Waals surface area contributed by atoms with Gasteiger partial charge < -0.3 is 9.25 Å². The first-order valence-corrected chi connectivity index (χ1v) is 10.4. The molecule has 1 fully saturated rings. The number of rotatable bonds is 5. The van der Waals surface area contributed by atoms with E-state index in [1.807, 2.05) is 30.3 Å². The number of halogens is 2. The lowest BCUT2D eigenvalue weighted by Crippen LogP contribution is -2.39. The van der Waals surface area contributed by atoms with Crippen LogP contribution in [0, 0.1) is 11.7 Å². The molecule has 0 radical (unpaired) electrons. The Kier molecular flexibility index (Phi) is 6.43. The highest BCUT2D eigenvalue weighted by Gasteiger charge is 2.27. The van der Waals surface area contributed by atoms with Crippen molar-refractivity contribution in [3.8, 4) is 0 Å². The van der Waals surface area contributed by atoms with Crippen molar-refractivity contribution >= 4 is 29.2 Å². The van der Waals surface area contributed by atoms with Crippen molar-refractivity contribution in [2.24, 2.45) is 11.1 Å². The molecule has 2 aliphatic rings. The Hall–Kier alpha value is -2.64. The van der Waals surface area contributed by atoms with Gasteiger partial charge in [-0.15, -0.1) is 12.4 Å². The summed E-state index contributed by atoms with van der Waals surface area (Å²) in [4.78, 5) is 22.1. The van der Waals surface area contributed by atoms with Gasteiger partial charge >= 0.3 is 5.76 Å². The van der Waals surface area contributed by atoms with Gasteiger partial charge in [0.15, 0.2) is 5.58 Å². The number of likely N-dealkylation sites (tertiary alicyclic amines) is 1. The molecule has 164 valence electrons. The molecular weight excluding hydrogens is 421 g/mol. The number of H-pyrrole nitrogens is 1. The summed E-state index contributed by atoms with van der Waals surface area (Å²) in [7, 11) is 0. The molecule has 2 aromatic carbocycles. The summed E-state index contributed by atoms with van der Waals surface area (Å²) in [5, 5.41) is 4.27. The van der Waals surface area contributed by atoms with Gasteiger partial charge in [-0.05, 0) is 68.1 Å². The first kappa shape index (κ1) is 21.6. The van der Waals surface area contributed by atoms with E-state index in [1.54, 1.807) is 12.1 Å². The highest BCUT2D eigenvalue weighted by Crippen LogP contribution is 2.25. The lowest BCUT2D eigenvalue weighted by molar-refractivity contribution is 0.0419. The first-order chi connectivity index (χ1) is 14.6. The maximum atomic E-state index is 13.1. The van der Waals surface area contributed by atoms with Crippen molar-refractivity contribution in [1.29, 1.82) is 0 Å². The normalized spacial score (nSPS) is 19.8. The smallest absolute Gasteiger partial charge is 0.408 e.